The van der Waals surface area contributed by atoms with Crippen molar-refractivity contribution in [2.45, 2.75) is 18.4 Å². The van der Waals surface area contributed by atoms with Gasteiger partial charge in [-0.05, 0) is 35.9 Å². The van der Waals surface area contributed by atoms with Crippen LogP contribution in [0.15, 0.2) is 82.8 Å². The Hall–Kier alpha value is -3.24. The Morgan fingerprint density at radius 1 is 0.971 bits per heavy atom. The monoisotopic (exact) mass is 532 g/mol. The van der Waals surface area contributed by atoms with Crippen molar-refractivity contribution in [2.75, 3.05) is 11.9 Å². The lowest BCUT2D eigenvalue weighted by Gasteiger charge is -2.21. The predicted molar refractivity (Wildman–Crippen MR) is 137 cm³/mol. The van der Waals surface area contributed by atoms with Crippen LogP contribution in [0, 0.1) is 0 Å². The molecule has 0 radical (unpaired) electrons. The Kier molecular flexibility index (Phi) is 9.00. The van der Waals surface area contributed by atoms with E-state index in [0.717, 1.165) is 4.31 Å². The molecule has 2 amide bonds. The summed E-state index contributed by atoms with van der Waals surface area (Å²) in [5.41, 5.74) is 3.97. The van der Waals surface area contributed by atoms with E-state index in [0.29, 0.717) is 21.8 Å². The van der Waals surface area contributed by atoms with Gasteiger partial charge in [0.25, 0.3) is 5.91 Å². The van der Waals surface area contributed by atoms with E-state index >= 15 is 0 Å². The summed E-state index contributed by atoms with van der Waals surface area (Å²) in [6, 6.07) is 19.6. The average Bonchev–Trinajstić information content (AvgIpc) is 2.82. The lowest BCUT2D eigenvalue weighted by atomic mass is 10.2. The summed E-state index contributed by atoms with van der Waals surface area (Å²) in [5, 5.41) is 7.07. The molecule has 182 valence electrons. The van der Waals surface area contributed by atoms with Gasteiger partial charge in [0.05, 0.1) is 27.7 Å². The Bertz CT molecular complexity index is 1330. The van der Waals surface area contributed by atoms with Crippen LogP contribution in [0.5, 0.6) is 0 Å². The number of hydrogen-bond donors (Lipinski definition) is 2. The van der Waals surface area contributed by atoms with Crippen molar-refractivity contribution in [3.8, 4) is 0 Å². The van der Waals surface area contributed by atoms with Crippen molar-refractivity contribution in [3.05, 3.63) is 94.0 Å². The highest BCUT2D eigenvalue weighted by molar-refractivity contribution is 7.89. The fourth-order valence-corrected chi connectivity index (χ4v) is 4.81. The van der Waals surface area contributed by atoms with Crippen LogP contribution in [0.3, 0.4) is 0 Å². The maximum atomic E-state index is 13.4. The SMILES string of the molecule is CC(=O)Nc1ccc(S(=O)(=O)N(CC(=O)NN=Cc2cccc(Cl)c2Cl)Cc2ccccc2)cc1. The van der Waals surface area contributed by atoms with Crippen LogP contribution >= 0.6 is 23.2 Å². The molecule has 0 saturated carbocycles. The molecule has 0 aromatic heterocycles. The van der Waals surface area contributed by atoms with Gasteiger partial charge >= 0.3 is 0 Å². The Balaban J connectivity index is 1.79. The minimum absolute atomic E-state index is 0.0236. The summed E-state index contributed by atoms with van der Waals surface area (Å²) in [5.74, 6) is -0.920. The Morgan fingerprint density at radius 2 is 1.66 bits per heavy atom. The van der Waals surface area contributed by atoms with Crippen LogP contribution in [-0.2, 0) is 26.2 Å². The summed E-state index contributed by atoms with van der Waals surface area (Å²) in [4.78, 5) is 23.8. The van der Waals surface area contributed by atoms with E-state index < -0.39 is 22.5 Å². The zero-order chi connectivity index (χ0) is 25.4. The number of nitrogens with zero attached hydrogens (tertiary/aromatic N) is 2. The van der Waals surface area contributed by atoms with Crippen LogP contribution < -0.4 is 10.7 Å². The zero-order valence-corrected chi connectivity index (χ0v) is 20.9. The van der Waals surface area contributed by atoms with Crippen molar-refractivity contribution >= 4 is 56.9 Å². The maximum absolute atomic E-state index is 13.4. The highest BCUT2D eigenvalue weighted by Gasteiger charge is 2.27. The highest BCUT2D eigenvalue weighted by atomic mass is 35.5. The molecule has 2 N–H and O–H groups in total. The molecule has 0 bridgehead atoms. The summed E-state index contributed by atoms with van der Waals surface area (Å²) in [6.07, 6.45) is 1.32. The van der Waals surface area contributed by atoms with Crippen molar-refractivity contribution in [1.29, 1.82) is 0 Å². The lowest BCUT2D eigenvalue weighted by Crippen LogP contribution is -2.39. The van der Waals surface area contributed by atoms with Crippen LogP contribution in [0.4, 0.5) is 5.69 Å². The minimum Gasteiger partial charge on any atom is -0.326 e. The van der Waals surface area contributed by atoms with Crippen LogP contribution in [0.25, 0.3) is 0 Å². The summed E-state index contributed by atoms with van der Waals surface area (Å²) in [6.45, 7) is 0.840. The summed E-state index contributed by atoms with van der Waals surface area (Å²) in [7, 11) is -4.06. The number of hydrazone groups is 1. The molecule has 3 rings (SSSR count). The molecule has 3 aromatic carbocycles. The van der Waals surface area contributed by atoms with Gasteiger partial charge < -0.3 is 5.32 Å². The molecule has 0 saturated heterocycles. The number of hydrogen-bond acceptors (Lipinski definition) is 5. The second-order valence-corrected chi connectivity index (χ2v) is 10.1. The number of anilines is 1. The van der Waals surface area contributed by atoms with E-state index in [-0.39, 0.29) is 22.4 Å². The van der Waals surface area contributed by atoms with Gasteiger partial charge in [-0.3, -0.25) is 9.59 Å². The van der Waals surface area contributed by atoms with Crippen molar-refractivity contribution in [3.63, 3.8) is 0 Å². The number of rotatable bonds is 9. The second kappa shape index (κ2) is 11.9. The van der Waals surface area contributed by atoms with Crippen molar-refractivity contribution in [2.24, 2.45) is 5.10 Å². The summed E-state index contributed by atoms with van der Waals surface area (Å²) < 4.78 is 27.8. The fraction of sp³-hybridized carbons (Fsp3) is 0.125. The first-order valence-corrected chi connectivity index (χ1v) is 12.5. The molecule has 0 unspecified atom stereocenters. The van der Waals surface area contributed by atoms with Crippen LogP contribution in [-0.4, -0.2) is 37.3 Å². The molecule has 0 atom stereocenters. The normalized spacial score (nSPS) is 11.5. The van der Waals surface area contributed by atoms with E-state index in [1.165, 1.54) is 37.4 Å². The topological polar surface area (TPSA) is 108 Å². The zero-order valence-electron chi connectivity index (χ0n) is 18.6. The first-order valence-electron chi connectivity index (χ1n) is 10.3. The van der Waals surface area contributed by atoms with Gasteiger partial charge in [0.15, 0.2) is 0 Å². The second-order valence-electron chi connectivity index (χ2n) is 7.40. The van der Waals surface area contributed by atoms with E-state index in [4.69, 9.17) is 23.2 Å². The highest BCUT2D eigenvalue weighted by Crippen LogP contribution is 2.24. The quantitative estimate of drug-likeness (QED) is 0.316. The Labute approximate surface area is 213 Å². The summed E-state index contributed by atoms with van der Waals surface area (Å²) >= 11 is 12.1. The van der Waals surface area contributed by atoms with Gasteiger partial charge in [0.2, 0.25) is 15.9 Å². The van der Waals surface area contributed by atoms with E-state index in [1.807, 2.05) is 6.07 Å². The molecular weight excluding hydrogens is 511 g/mol. The van der Waals surface area contributed by atoms with Crippen LogP contribution in [0.1, 0.15) is 18.1 Å². The standard InChI is InChI=1S/C24H22Cl2N4O4S/c1-17(31)28-20-10-12-21(13-11-20)35(33,34)30(15-18-6-3-2-4-7-18)16-23(32)29-27-14-19-8-5-9-22(25)24(19)26/h2-14H,15-16H2,1H3,(H,28,31)(H,29,32). The smallest absolute Gasteiger partial charge is 0.255 e. The maximum Gasteiger partial charge on any atom is 0.255 e. The largest absolute Gasteiger partial charge is 0.326 e. The fourth-order valence-electron chi connectivity index (χ4n) is 3.07. The van der Waals surface area contributed by atoms with Crippen LogP contribution in [0.2, 0.25) is 10.0 Å². The number of benzene rings is 3. The van der Waals surface area contributed by atoms with E-state index in [2.05, 4.69) is 15.8 Å². The molecule has 0 aliphatic carbocycles. The molecule has 11 heteroatoms. The first kappa shape index (κ1) is 26.4. The molecule has 0 fully saturated rings. The third-order valence-electron chi connectivity index (χ3n) is 4.71. The van der Waals surface area contributed by atoms with E-state index in [9.17, 15) is 18.0 Å². The van der Waals surface area contributed by atoms with Gasteiger partial charge in [0.1, 0.15) is 0 Å². The van der Waals surface area contributed by atoms with Crippen molar-refractivity contribution < 1.29 is 18.0 Å². The molecular formula is C24H22Cl2N4O4S. The molecule has 0 aliphatic rings. The number of amides is 2. The third kappa shape index (κ3) is 7.37. The minimum atomic E-state index is -4.06. The molecule has 3 aromatic rings. The number of nitrogens with one attached hydrogen (secondary N) is 2. The number of carbonyl (C=O) groups is 2. The van der Waals surface area contributed by atoms with E-state index in [1.54, 1.807) is 42.5 Å². The predicted octanol–water partition coefficient (Wildman–Crippen LogP) is 4.29. The van der Waals surface area contributed by atoms with Gasteiger partial charge in [0, 0.05) is 24.7 Å². The Morgan fingerprint density at radius 3 is 2.31 bits per heavy atom. The molecule has 0 heterocycles. The number of sulfonamides is 1. The molecule has 8 nitrogen and oxygen atoms in total. The molecule has 0 spiro atoms. The van der Waals surface area contributed by atoms with Gasteiger partial charge in [-0.25, -0.2) is 13.8 Å². The number of carbonyl (C=O) groups excluding carboxylic acids is 2. The third-order valence-corrected chi connectivity index (χ3v) is 7.35. The van der Waals surface area contributed by atoms with Gasteiger partial charge in [-0.1, -0.05) is 65.7 Å². The van der Waals surface area contributed by atoms with Gasteiger partial charge in [-0.15, -0.1) is 0 Å². The van der Waals surface area contributed by atoms with Gasteiger partial charge in [-0.2, -0.15) is 9.41 Å². The molecule has 35 heavy (non-hydrogen) atoms. The number of halogens is 2. The van der Waals surface area contributed by atoms with Crippen molar-refractivity contribution in [1.82, 2.24) is 9.73 Å². The molecule has 0 aliphatic heterocycles. The average molecular weight is 533 g/mol. The first-order chi connectivity index (χ1) is 16.7. The lowest BCUT2D eigenvalue weighted by molar-refractivity contribution is -0.121.